The van der Waals surface area contributed by atoms with Crippen LogP contribution >= 0.6 is 0 Å². The largest absolute Gasteiger partial charge is 0.453 e. The van der Waals surface area contributed by atoms with E-state index in [1.165, 1.54) is 52.1 Å². The average molecular weight is 934 g/mol. The van der Waals surface area contributed by atoms with Gasteiger partial charge >= 0.3 is 0 Å². The number of anilines is 2. The van der Waals surface area contributed by atoms with Crippen molar-refractivity contribution in [1.82, 2.24) is 39.1 Å². The van der Waals surface area contributed by atoms with E-state index in [9.17, 15) is 33.6 Å². The number of carbonyl (C=O) groups is 4. The average Bonchev–Trinajstić information content (AvgIpc) is 3.89. The smallest absolute Gasteiger partial charge is 0.265 e. The van der Waals surface area contributed by atoms with Gasteiger partial charge in [0, 0.05) is 95.4 Å². The SMILES string of the molecule is N#Cc1c(-n2ccc(F)c2)ccc(F)c1Oc1ccc2ncn(-c3ccc(N4CC(CN5CCN(C6CCN(c7ccc8c(c7)C(=O)N([C@@H]7CCC(=O)NC7=O)C8=O)CC6)CC5)C4)nc3)c(=O)c2c1. The zero-order valence-corrected chi connectivity index (χ0v) is 37.3. The number of hydrogen-bond acceptors (Lipinski definition) is 13. The number of piperazine rings is 1. The molecule has 19 heteroatoms. The minimum atomic E-state index is -0.985. The van der Waals surface area contributed by atoms with Gasteiger partial charge in [0.05, 0.1) is 39.6 Å². The number of nitriles is 1. The van der Waals surface area contributed by atoms with Crippen LogP contribution in [-0.2, 0) is 9.59 Å². The molecule has 11 rings (SSSR count). The molecule has 3 aromatic carbocycles. The van der Waals surface area contributed by atoms with E-state index in [0.29, 0.717) is 28.7 Å². The topological polar surface area (TPSA) is 182 Å². The summed E-state index contributed by atoms with van der Waals surface area (Å²) in [6.07, 6.45) is 7.84. The number of imide groups is 2. The summed E-state index contributed by atoms with van der Waals surface area (Å²) in [5, 5.41) is 12.4. The minimum Gasteiger partial charge on any atom is -0.453 e. The van der Waals surface area contributed by atoms with E-state index in [-0.39, 0.29) is 52.1 Å². The highest BCUT2D eigenvalue weighted by Crippen LogP contribution is 2.35. The second kappa shape index (κ2) is 17.7. The van der Waals surface area contributed by atoms with E-state index in [1.807, 2.05) is 24.3 Å². The molecule has 1 atom stereocenters. The molecule has 0 bridgehead atoms. The van der Waals surface area contributed by atoms with Gasteiger partial charge in [-0.2, -0.15) is 5.26 Å². The highest BCUT2D eigenvalue weighted by molar-refractivity contribution is 6.23. The van der Waals surface area contributed by atoms with Crippen LogP contribution in [0.3, 0.4) is 0 Å². The summed E-state index contributed by atoms with van der Waals surface area (Å²) in [7, 11) is 0. The quantitative estimate of drug-likeness (QED) is 0.188. The summed E-state index contributed by atoms with van der Waals surface area (Å²) in [4.78, 5) is 84.3. The predicted octanol–water partition coefficient (Wildman–Crippen LogP) is 4.64. The van der Waals surface area contributed by atoms with Crippen LogP contribution in [0.15, 0.2) is 96.4 Å². The zero-order chi connectivity index (χ0) is 47.5. The van der Waals surface area contributed by atoms with Gasteiger partial charge in [-0.3, -0.25) is 43.7 Å². The molecule has 3 aromatic heterocycles. The third-order valence-corrected chi connectivity index (χ3v) is 14.1. The van der Waals surface area contributed by atoms with Crippen molar-refractivity contribution in [3.8, 4) is 28.9 Å². The summed E-state index contributed by atoms with van der Waals surface area (Å²) in [5.74, 6) is -2.23. The molecule has 4 amide bonds. The molecule has 0 saturated carbocycles. The fourth-order valence-corrected chi connectivity index (χ4v) is 10.4. The lowest BCUT2D eigenvalue weighted by atomic mass is 9.98. The maximum atomic E-state index is 15.1. The van der Waals surface area contributed by atoms with Gasteiger partial charge in [0.25, 0.3) is 17.4 Å². The highest BCUT2D eigenvalue weighted by atomic mass is 19.1. The molecule has 350 valence electrons. The van der Waals surface area contributed by atoms with Crippen molar-refractivity contribution < 1.29 is 32.7 Å². The first-order valence-electron chi connectivity index (χ1n) is 23.0. The van der Waals surface area contributed by atoms with Crippen molar-refractivity contribution in [2.45, 2.75) is 37.8 Å². The molecular weight excluding hydrogens is 889 g/mol. The lowest BCUT2D eigenvalue weighted by Crippen LogP contribution is -2.57. The number of fused-ring (bicyclic) bond motifs is 2. The van der Waals surface area contributed by atoms with E-state index < -0.39 is 41.3 Å². The molecule has 6 aromatic rings. The summed E-state index contributed by atoms with van der Waals surface area (Å²) in [6, 6.07) is 18.8. The molecule has 1 N–H and O–H groups in total. The number of rotatable bonds is 10. The monoisotopic (exact) mass is 933 g/mol. The van der Waals surface area contributed by atoms with Gasteiger partial charge < -0.3 is 24.0 Å². The molecule has 17 nitrogen and oxygen atoms in total. The van der Waals surface area contributed by atoms with Crippen LogP contribution in [-0.4, -0.2) is 128 Å². The van der Waals surface area contributed by atoms with Crippen LogP contribution in [0.2, 0.25) is 0 Å². The maximum Gasteiger partial charge on any atom is 0.265 e. The molecule has 4 fully saturated rings. The first-order chi connectivity index (χ1) is 33.5. The Balaban J connectivity index is 0.655. The summed E-state index contributed by atoms with van der Waals surface area (Å²) in [6.45, 7) is 8.41. The first kappa shape index (κ1) is 43.7. The Bertz CT molecular complexity index is 3170. The van der Waals surface area contributed by atoms with Crippen LogP contribution in [0.1, 0.15) is 52.0 Å². The van der Waals surface area contributed by atoms with Gasteiger partial charge in [-0.15, -0.1) is 0 Å². The molecule has 69 heavy (non-hydrogen) atoms. The van der Waals surface area contributed by atoms with Gasteiger partial charge in [0.15, 0.2) is 11.6 Å². The Labute approximate surface area is 393 Å². The van der Waals surface area contributed by atoms with Crippen LogP contribution < -0.4 is 25.4 Å². The number of hydrogen-bond donors (Lipinski definition) is 1. The Kier molecular flexibility index (Phi) is 11.2. The predicted molar refractivity (Wildman–Crippen MR) is 248 cm³/mol. The van der Waals surface area contributed by atoms with Gasteiger partial charge in [-0.1, -0.05) is 0 Å². The molecular formula is C50H45F2N11O6. The van der Waals surface area contributed by atoms with Crippen molar-refractivity contribution in [3.05, 3.63) is 130 Å². The molecule has 0 unspecified atom stereocenters. The molecule has 0 aliphatic carbocycles. The van der Waals surface area contributed by atoms with E-state index in [1.54, 1.807) is 24.4 Å². The van der Waals surface area contributed by atoms with Crippen molar-refractivity contribution in [2.75, 3.05) is 68.7 Å². The number of piperidine rings is 2. The van der Waals surface area contributed by atoms with Crippen molar-refractivity contribution in [1.29, 1.82) is 5.26 Å². The van der Waals surface area contributed by atoms with Crippen molar-refractivity contribution in [3.63, 3.8) is 0 Å². The van der Waals surface area contributed by atoms with Gasteiger partial charge in [0.1, 0.15) is 41.4 Å². The maximum absolute atomic E-state index is 15.1. The minimum absolute atomic E-state index is 0.0818. The fraction of sp³-hybridized carbons (Fsp3) is 0.320. The van der Waals surface area contributed by atoms with E-state index in [2.05, 4.69) is 34.9 Å². The lowest BCUT2D eigenvalue weighted by molar-refractivity contribution is -0.136. The Morgan fingerprint density at radius 1 is 0.797 bits per heavy atom. The van der Waals surface area contributed by atoms with Crippen LogP contribution in [0, 0.1) is 28.9 Å². The second-order valence-electron chi connectivity index (χ2n) is 18.2. The van der Waals surface area contributed by atoms with Crippen molar-refractivity contribution >= 4 is 46.0 Å². The standard InChI is InChI=1S/C50H45F2N11O6/c51-31-11-14-60(28-31)42-7-5-40(52)46(39(42)23-53)69-35-3-6-41-38(22-35)48(66)62(29-55-41)34-2-9-44(54-24-34)61-26-30(27-61)25-57-17-19-59(20-18-57)32-12-15-58(16-13-32)33-1-4-36-37(21-33)50(68)63(49(36)67)43-8-10-45(64)56-47(43)65/h1-7,9,11,14,21-22,24,28-30,32,43H,8,10,12-13,15-20,25-27H2,(H,56,64,65)/t43-/m1/s1. The number of halogens is 2. The number of aromatic nitrogens is 4. The summed E-state index contributed by atoms with van der Waals surface area (Å²) < 4.78 is 37.5. The third kappa shape index (κ3) is 8.14. The van der Waals surface area contributed by atoms with Crippen LogP contribution in [0.4, 0.5) is 20.3 Å². The number of benzene rings is 3. The fourth-order valence-electron chi connectivity index (χ4n) is 10.4. The Hall–Kier alpha value is -7.82. The molecule has 5 aliphatic rings. The molecule has 8 heterocycles. The van der Waals surface area contributed by atoms with Gasteiger partial charge in [0.2, 0.25) is 11.8 Å². The number of amides is 4. The molecule has 4 saturated heterocycles. The highest BCUT2D eigenvalue weighted by Gasteiger charge is 2.45. The van der Waals surface area contributed by atoms with E-state index >= 15 is 4.39 Å². The molecule has 5 aliphatic heterocycles. The summed E-state index contributed by atoms with van der Waals surface area (Å²) >= 11 is 0. The molecule has 0 radical (unpaired) electrons. The number of pyridine rings is 1. The van der Waals surface area contributed by atoms with Crippen LogP contribution in [0.5, 0.6) is 11.5 Å². The Morgan fingerprint density at radius 2 is 1.58 bits per heavy atom. The van der Waals surface area contributed by atoms with Crippen LogP contribution in [0.25, 0.3) is 22.3 Å². The molecule has 0 spiro atoms. The lowest BCUT2D eigenvalue weighted by Gasteiger charge is -2.46. The normalized spacial score (nSPS) is 19.5. The number of nitrogens with zero attached hydrogens (tertiary/aromatic N) is 10. The zero-order valence-electron chi connectivity index (χ0n) is 37.3. The third-order valence-electron chi connectivity index (χ3n) is 14.1. The number of carbonyl (C=O) groups excluding carboxylic acids is 4. The van der Waals surface area contributed by atoms with E-state index in [0.717, 1.165) is 94.2 Å². The van der Waals surface area contributed by atoms with E-state index in [4.69, 9.17) is 4.74 Å². The number of nitrogens with one attached hydrogen (secondary N) is 1. The summed E-state index contributed by atoms with van der Waals surface area (Å²) in [5.41, 5.74) is 2.10. The van der Waals surface area contributed by atoms with Gasteiger partial charge in [-0.05, 0) is 86.0 Å². The van der Waals surface area contributed by atoms with Crippen molar-refractivity contribution in [2.24, 2.45) is 5.92 Å². The number of ether oxygens (including phenoxy) is 1. The Morgan fingerprint density at radius 3 is 2.30 bits per heavy atom. The first-order valence-corrected chi connectivity index (χ1v) is 23.0. The second-order valence-corrected chi connectivity index (χ2v) is 18.2. The van der Waals surface area contributed by atoms with Gasteiger partial charge in [-0.25, -0.2) is 18.7 Å².